The second kappa shape index (κ2) is 4.48. The van der Waals surface area contributed by atoms with Crippen molar-refractivity contribution in [1.29, 1.82) is 0 Å². The average Bonchev–Trinajstić information content (AvgIpc) is 2.91. The number of hydrogen-bond acceptors (Lipinski definition) is 1. The normalized spacial score (nSPS) is 22.1. The molecular formula is C15H18N2O. The molecule has 2 aromatic rings. The molecule has 0 radical (unpaired) electrons. The van der Waals surface area contributed by atoms with Gasteiger partial charge < -0.3 is 10.3 Å². The van der Waals surface area contributed by atoms with Gasteiger partial charge in [-0.05, 0) is 47.9 Å². The quantitative estimate of drug-likeness (QED) is 0.850. The van der Waals surface area contributed by atoms with Gasteiger partial charge in [0.2, 0.25) is 5.91 Å². The predicted molar refractivity (Wildman–Crippen MR) is 72.3 cm³/mol. The van der Waals surface area contributed by atoms with Crippen LogP contribution in [-0.4, -0.2) is 17.4 Å². The molecular weight excluding hydrogens is 224 g/mol. The van der Waals surface area contributed by atoms with Crippen LogP contribution in [0.5, 0.6) is 0 Å². The number of nitrogens with one attached hydrogen (secondary N) is 2. The van der Waals surface area contributed by atoms with E-state index < -0.39 is 0 Å². The molecule has 2 N–H and O–H groups in total. The first-order valence-corrected chi connectivity index (χ1v) is 6.58. The van der Waals surface area contributed by atoms with Crippen LogP contribution in [-0.2, 0) is 11.2 Å². The molecule has 1 aliphatic carbocycles. The van der Waals surface area contributed by atoms with Gasteiger partial charge in [0.1, 0.15) is 0 Å². The van der Waals surface area contributed by atoms with Crippen molar-refractivity contribution in [3.05, 3.63) is 36.0 Å². The van der Waals surface area contributed by atoms with Crippen LogP contribution in [0.25, 0.3) is 10.9 Å². The second-order valence-corrected chi connectivity index (χ2v) is 5.26. The van der Waals surface area contributed by atoms with E-state index in [4.69, 9.17) is 0 Å². The van der Waals surface area contributed by atoms with Crippen molar-refractivity contribution in [2.24, 2.45) is 11.8 Å². The van der Waals surface area contributed by atoms with Crippen LogP contribution in [0.2, 0.25) is 0 Å². The summed E-state index contributed by atoms with van der Waals surface area (Å²) in [6.07, 6.45) is 3.90. The SMILES string of the molecule is C[C@H]1C[C@@H]1C(=O)NCCc1ccc2[nH]ccc2c1. The molecule has 0 bridgehead atoms. The number of carbonyl (C=O) groups excluding carboxylic acids is 1. The molecule has 0 saturated heterocycles. The highest BCUT2D eigenvalue weighted by atomic mass is 16.2. The van der Waals surface area contributed by atoms with Crippen molar-refractivity contribution in [3.63, 3.8) is 0 Å². The third-order valence-electron chi connectivity index (χ3n) is 3.78. The minimum absolute atomic E-state index is 0.227. The van der Waals surface area contributed by atoms with Crippen LogP contribution in [0.1, 0.15) is 18.9 Å². The number of benzene rings is 1. The molecule has 0 aliphatic heterocycles. The van der Waals surface area contributed by atoms with E-state index in [1.807, 2.05) is 6.20 Å². The molecule has 0 unspecified atom stereocenters. The summed E-state index contributed by atoms with van der Waals surface area (Å²) in [5, 5.41) is 4.25. The summed E-state index contributed by atoms with van der Waals surface area (Å²) in [6, 6.07) is 8.46. The van der Waals surface area contributed by atoms with Crippen molar-refractivity contribution in [1.82, 2.24) is 10.3 Å². The molecule has 1 heterocycles. The first kappa shape index (κ1) is 11.3. The molecule has 18 heavy (non-hydrogen) atoms. The van der Waals surface area contributed by atoms with Crippen molar-refractivity contribution in [2.45, 2.75) is 19.8 Å². The van der Waals surface area contributed by atoms with Crippen LogP contribution >= 0.6 is 0 Å². The zero-order valence-corrected chi connectivity index (χ0v) is 10.6. The Bertz CT molecular complexity index is 573. The van der Waals surface area contributed by atoms with Gasteiger partial charge in [0.15, 0.2) is 0 Å². The van der Waals surface area contributed by atoms with Crippen LogP contribution in [0, 0.1) is 11.8 Å². The molecule has 2 atom stereocenters. The van der Waals surface area contributed by atoms with E-state index in [1.165, 1.54) is 10.9 Å². The monoisotopic (exact) mass is 242 g/mol. The van der Waals surface area contributed by atoms with Gasteiger partial charge in [0.05, 0.1) is 0 Å². The Morgan fingerprint density at radius 1 is 1.44 bits per heavy atom. The maximum atomic E-state index is 11.7. The standard InChI is InChI=1S/C15H18N2O/c1-10-8-13(10)15(18)17-6-4-11-2-3-14-12(9-11)5-7-16-14/h2-3,5,7,9-10,13,16H,4,6,8H2,1H3,(H,17,18)/t10-,13-/m0/s1. The van der Waals surface area contributed by atoms with Crippen molar-refractivity contribution in [3.8, 4) is 0 Å². The third-order valence-corrected chi connectivity index (χ3v) is 3.78. The fraction of sp³-hybridized carbons (Fsp3) is 0.400. The predicted octanol–water partition coefficient (Wildman–Crippen LogP) is 2.48. The molecule has 1 amide bonds. The molecule has 1 saturated carbocycles. The van der Waals surface area contributed by atoms with Crippen LogP contribution < -0.4 is 5.32 Å². The summed E-state index contributed by atoms with van der Waals surface area (Å²) < 4.78 is 0. The first-order valence-electron chi connectivity index (χ1n) is 6.58. The van der Waals surface area contributed by atoms with E-state index in [9.17, 15) is 4.79 Å². The number of fused-ring (bicyclic) bond motifs is 1. The second-order valence-electron chi connectivity index (χ2n) is 5.26. The van der Waals surface area contributed by atoms with Gasteiger partial charge in [-0.25, -0.2) is 0 Å². The van der Waals surface area contributed by atoms with Gasteiger partial charge >= 0.3 is 0 Å². The summed E-state index contributed by atoms with van der Waals surface area (Å²) in [5.41, 5.74) is 2.43. The van der Waals surface area contributed by atoms with Crippen molar-refractivity contribution < 1.29 is 4.79 Å². The lowest BCUT2D eigenvalue weighted by Gasteiger charge is -2.05. The van der Waals surface area contributed by atoms with E-state index >= 15 is 0 Å². The Morgan fingerprint density at radius 3 is 3.06 bits per heavy atom. The van der Waals surface area contributed by atoms with Gasteiger partial charge in [-0.3, -0.25) is 4.79 Å². The Kier molecular flexibility index (Phi) is 2.82. The molecule has 3 heteroatoms. The number of aromatic amines is 1. The fourth-order valence-electron chi connectivity index (χ4n) is 2.41. The van der Waals surface area contributed by atoms with E-state index in [1.54, 1.807) is 0 Å². The van der Waals surface area contributed by atoms with Gasteiger partial charge in [0.25, 0.3) is 0 Å². The summed E-state index contributed by atoms with van der Waals surface area (Å²) in [5.74, 6) is 1.09. The Morgan fingerprint density at radius 2 is 2.28 bits per heavy atom. The smallest absolute Gasteiger partial charge is 0.223 e. The topological polar surface area (TPSA) is 44.9 Å². The fourth-order valence-corrected chi connectivity index (χ4v) is 2.41. The lowest BCUT2D eigenvalue weighted by molar-refractivity contribution is -0.122. The largest absolute Gasteiger partial charge is 0.361 e. The van der Waals surface area contributed by atoms with Crippen LogP contribution in [0.15, 0.2) is 30.5 Å². The minimum atomic E-state index is 0.227. The van der Waals surface area contributed by atoms with Crippen LogP contribution in [0.3, 0.4) is 0 Å². The van der Waals surface area contributed by atoms with E-state index in [0.717, 1.165) is 24.9 Å². The van der Waals surface area contributed by atoms with E-state index in [0.29, 0.717) is 5.92 Å². The maximum absolute atomic E-state index is 11.7. The van der Waals surface area contributed by atoms with E-state index in [2.05, 4.69) is 41.5 Å². The van der Waals surface area contributed by atoms with Gasteiger partial charge in [-0.1, -0.05) is 13.0 Å². The summed E-state index contributed by atoms with van der Waals surface area (Å²) in [7, 11) is 0. The van der Waals surface area contributed by atoms with Gasteiger partial charge in [-0.15, -0.1) is 0 Å². The molecule has 1 fully saturated rings. The van der Waals surface area contributed by atoms with Gasteiger partial charge in [-0.2, -0.15) is 0 Å². The molecule has 1 aromatic heterocycles. The molecule has 0 spiro atoms. The molecule has 1 aromatic carbocycles. The zero-order chi connectivity index (χ0) is 12.5. The molecule has 1 aliphatic rings. The summed E-state index contributed by atoms with van der Waals surface area (Å²) in [6.45, 7) is 2.86. The molecule has 3 rings (SSSR count). The number of H-pyrrole nitrogens is 1. The minimum Gasteiger partial charge on any atom is -0.361 e. The van der Waals surface area contributed by atoms with Crippen molar-refractivity contribution in [2.75, 3.05) is 6.54 Å². The number of aromatic nitrogens is 1. The Labute approximate surface area is 107 Å². The number of rotatable bonds is 4. The highest BCUT2D eigenvalue weighted by Gasteiger charge is 2.38. The van der Waals surface area contributed by atoms with E-state index in [-0.39, 0.29) is 11.8 Å². The maximum Gasteiger partial charge on any atom is 0.223 e. The molecule has 3 nitrogen and oxygen atoms in total. The Hall–Kier alpha value is -1.77. The van der Waals surface area contributed by atoms with Crippen LogP contribution in [0.4, 0.5) is 0 Å². The highest BCUT2D eigenvalue weighted by Crippen LogP contribution is 2.37. The summed E-state index contributed by atoms with van der Waals surface area (Å²) >= 11 is 0. The third kappa shape index (κ3) is 2.26. The van der Waals surface area contributed by atoms with Gasteiger partial charge in [0, 0.05) is 24.2 Å². The summed E-state index contributed by atoms with van der Waals surface area (Å²) in [4.78, 5) is 14.8. The number of amides is 1. The lowest BCUT2D eigenvalue weighted by Crippen LogP contribution is -2.27. The Balaban J connectivity index is 1.54. The lowest BCUT2D eigenvalue weighted by atomic mass is 10.1. The average molecular weight is 242 g/mol. The zero-order valence-electron chi connectivity index (χ0n) is 10.6. The number of hydrogen-bond donors (Lipinski definition) is 2. The van der Waals surface area contributed by atoms with Crippen molar-refractivity contribution >= 4 is 16.8 Å². The first-order chi connectivity index (χ1) is 8.74. The molecule has 94 valence electrons. The highest BCUT2D eigenvalue weighted by molar-refractivity contribution is 5.81. The number of carbonyl (C=O) groups is 1.